The molecule has 2 fully saturated rings. The summed E-state index contributed by atoms with van der Waals surface area (Å²) in [6.45, 7) is 5.23. The molecule has 0 spiro atoms. The summed E-state index contributed by atoms with van der Waals surface area (Å²) in [6.07, 6.45) is 5.68. The number of hydrogen-bond donors (Lipinski definition) is 1. The topological polar surface area (TPSA) is 49.4 Å². The second kappa shape index (κ2) is 9.25. The molecule has 4 nitrogen and oxygen atoms in total. The van der Waals surface area contributed by atoms with Crippen LogP contribution in [0.1, 0.15) is 63.9 Å². The van der Waals surface area contributed by atoms with E-state index in [0.717, 1.165) is 44.1 Å². The summed E-state index contributed by atoms with van der Waals surface area (Å²) in [5.74, 6) is 0.00959. The Labute approximate surface area is 171 Å². The number of benzene rings is 1. The Kier molecular flexibility index (Phi) is 6.97. The predicted octanol–water partition coefficient (Wildman–Crippen LogP) is 4.52. The molecule has 0 bridgehead atoms. The number of rotatable bonds is 5. The van der Waals surface area contributed by atoms with Crippen LogP contribution >= 0.6 is 11.6 Å². The number of hydrogen-bond acceptors (Lipinski definition) is 2. The fourth-order valence-electron chi connectivity index (χ4n) is 4.37. The Bertz CT molecular complexity index is 710. The van der Waals surface area contributed by atoms with E-state index < -0.39 is 11.9 Å². The Hall–Kier alpha value is -1.62. The molecule has 0 radical (unpaired) electrons. The second-order valence-electron chi connectivity index (χ2n) is 8.48. The molecule has 6 heteroatoms. The predicted molar refractivity (Wildman–Crippen MR) is 109 cm³/mol. The molecule has 1 aromatic rings. The minimum absolute atomic E-state index is 0.0111. The van der Waals surface area contributed by atoms with E-state index in [1.807, 2.05) is 18.7 Å². The van der Waals surface area contributed by atoms with Gasteiger partial charge >= 0.3 is 0 Å². The van der Waals surface area contributed by atoms with Crippen molar-refractivity contribution in [2.24, 2.45) is 11.8 Å². The summed E-state index contributed by atoms with van der Waals surface area (Å²) < 4.78 is 13.4. The lowest BCUT2D eigenvalue weighted by atomic mass is 9.89. The molecule has 1 aliphatic heterocycles. The monoisotopic (exact) mass is 408 g/mol. The van der Waals surface area contributed by atoms with Gasteiger partial charge < -0.3 is 10.2 Å². The van der Waals surface area contributed by atoms with Crippen molar-refractivity contribution in [1.29, 1.82) is 0 Å². The van der Waals surface area contributed by atoms with Gasteiger partial charge in [-0.15, -0.1) is 0 Å². The Morgan fingerprint density at radius 3 is 2.36 bits per heavy atom. The van der Waals surface area contributed by atoms with Crippen LogP contribution in [0.4, 0.5) is 4.39 Å². The molecular formula is C22H30ClFN2O2. The largest absolute Gasteiger partial charge is 0.344 e. The quantitative estimate of drug-likeness (QED) is 0.778. The van der Waals surface area contributed by atoms with Gasteiger partial charge in [0.15, 0.2) is 0 Å². The molecule has 0 aromatic heterocycles. The third-order valence-corrected chi connectivity index (χ3v) is 6.47. The van der Waals surface area contributed by atoms with Crippen LogP contribution in [0.5, 0.6) is 0 Å². The van der Waals surface area contributed by atoms with E-state index in [2.05, 4.69) is 5.32 Å². The van der Waals surface area contributed by atoms with Gasteiger partial charge in [0.05, 0.1) is 5.02 Å². The molecule has 2 amide bonds. The molecule has 28 heavy (non-hydrogen) atoms. The van der Waals surface area contributed by atoms with Crippen LogP contribution in [0.2, 0.25) is 5.02 Å². The number of likely N-dealkylation sites (tertiary alicyclic amines) is 1. The summed E-state index contributed by atoms with van der Waals surface area (Å²) in [5, 5.41) is 3.17. The first-order valence-corrected chi connectivity index (χ1v) is 10.8. The van der Waals surface area contributed by atoms with Crippen LogP contribution < -0.4 is 5.32 Å². The Morgan fingerprint density at radius 1 is 1.14 bits per heavy atom. The molecule has 1 saturated carbocycles. The van der Waals surface area contributed by atoms with Crippen LogP contribution in [-0.4, -0.2) is 35.8 Å². The van der Waals surface area contributed by atoms with Crippen molar-refractivity contribution < 1.29 is 14.0 Å². The zero-order valence-corrected chi connectivity index (χ0v) is 17.5. The highest BCUT2D eigenvalue weighted by atomic mass is 35.5. The summed E-state index contributed by atoms with van der Waals surface area (Å²) in [5.41, 5.74) is 1.02. The van der Waals surface area contributed by atoms with Gasteiger partial charge in [0.25, 0.3) is 0 Å². The van der Waals surface area contributed by atoms with Crippen molar-refractivity contribution in [1.82, 2.24) is 10.2 Å². The fourth-order valence-corrected chi connectivity index (χ4v) is 4.56. The maximum atomic E-state index is 13.4. The first-order valence-electron chi connectivity index (χ1n) is 10.4. The van der Waals surface area contributed by atoms with E-state index >= 15 is 0 Å². The molecule has 0 unspecified atom stereocenters. The number of amides is 2. The van der Waals surface area contributed by atoms with E-state index in [1.54, 1.807) is 12.1 Å². The van der Waals surface area contributed by atoms with Crippen LogP contribution in [0.15, 0.2) is 18.2 Å². The number of halogens is 2. The van der Waals surface area contributed by atoms with Crippen LogP contribution in [0.3, 0.4) is 0 Å². The van der Waals surface area contributed by atoms with E-state index in [1.165, 1.54) is 6.07 Å². The zero-order valence-electron chi connectivity index (χ0n) is 16.7. The molecule has 1 aromatic carbocycles. The highest BCUT2D eigenvalue weighted by Gasteiger charge is 2.33. The van der Waals surface area contributed by atoms with Gasteiger partial charge in [0.1, 0.15) is 11.9 Å². The van der Waals surface area contributed by atoms with Crippen molar-refractivity contribution in [3.63, 3.8) is 0 Å². The highest BCUT2D eigenvalue weighted by Crippen LogP contribution is 2.31. The Morgan fingerprint density at radius 2 is 1.79 bits per heavy atom. The summed E-state index contributed by atoms with van der Waals surface area (Å²) in [6, 6.07) is 4.41. The van der Waals surface area contributed by atoms with E-state index in [9.17, 15) is 14.0 Å². The SMILES string of the molecule is CC(C)[C@@H](NC(=O)C1CCCC1)C(=O)N1CCC(c2ccc(F)c(Cl)c2)CC1. The summed E-state index contributed by atoms with van der Waals surface area (Å²) in [4.78, 5) is 27.5. The Balaban J connectivity index is 1.58. The van der Waals surface area contributed by atoms with Gasteiger partial charge in [-0.25, -0.2) is 4.39 Å². The normalized spacial score (nSPS) is 19.8. The maximum Gasteiger partial charge on any atom is 0.245 e. The molecule has 1 atom stereocenters. The molecule has 3 rings (SSSR count). The molecule has 1 saturated heterocycles. The lowest BCUT2D eigenvalue weighted by Gasteiger charge is -2.36. The first kappa shape index (κ1) is 21.1. The lowest BCUT2D eigenvalue weighted by Crippen LogP contribution is -2.53. The zero-order chi connectivity index (χ0) is 20.3. The van der Waals surface area contributed by atoms with Gasteiger partial charge in [-0.3, -0.25) is 9.59 Å². The van der Waals surface area contributed by atoms with Crippen LogP contribution in [-0.2, 0) is 9.59 Å². The van der Waals surface area contributed by atoms with Gasteiger partial charge in [-0.2, -0.15) is 0 Å². The summed E-state index contributed by atoms with van der Waals surface area (Å²) >= 11 is 5.91. The van der Waals surface area contributed by atoms with Crippen LogP contribution in [0.25, 0.3) is 0 Å². The lowest BCUT2D eigenvalue weighted by molar-refractivity contribution is -0.139. The average Bonchev–Trinajstić information content (AvgIpc) is 3.22. The third-order valence-electron chi connectivity index (χ3n) is 6.18. The average molecular weight is 409 g/mol. The molecule has 1 heterocycles. The third kappa shape index (κ3) is 4.86. The van der Waals surface area contributed by atoms with Gasteiger partial charge in [-0.05, 0) is 55.2 Å². The first-order chi connectivity index (χ1) is 13.4. The van der Waals surface area contributed by atoms with Crippen molar-refractivity contribution in [2.75, 3.05) is 13.1 Å². The smallest absolute Gasteiger partial charge is 0.245 e. The maximum absolute atomic E-state index is 13.4. The number of nitrogens with zero attached hydrogens (tertiary/aromatic N) is 1. The molecular weight excluding hydrogens is 379 g/mol. The van der Waals surface area contributed by atoms with Crippen molar-refractivity contribution in [3.8, 4) is 0 Å². The summed E-state index contributed by atoms with van der Waals surface area (Å²) in [7, 11) is 0. The van der Waals surface area contributed by atoms with Crippen molar-refractivity contribution in [3.05, 3.63) is 34.6 Å². The van der Waals surface area contributed by atoms with Gasteiger partial charge in [0.2, 0.25) is 11.8 Å². The van der Waals surface area contributed by atoms with E-state index in [-0.39, 0.29) is 34.6 Å². The molecule has 2 aliphatic rings. The van der Waals surface area contributed by atoms with E-state index in [4.69, 9.17) is 11.6 Å². The molecule has 154 valence electrons. The second-order valence-corrected chi connectivity index (χ2v) is 8.89. The standard InChI is InChI=1S/C22H30ClFN2O2/c1-14(2)20(25-21(27)16-5-3-4-6-16)22(28)26-11-9-15(10-12-26)17-7-8-19(24)18(23)13-17/h7-8,13-16,20H,3-6,9-12H2,1-2H3,(H,25,27)/t20-/m1/s1. The number of nitrogens with one attached hydrogen (secondary N) is 1. The van der Waals surface area contributed by atoms with Crippen molar-refractivity contribution in [2.45, 2.75) is 64.3 Å². The minimum atomic E-state index is -0.468. The number of carbonyl (C=O) groups is 2. The fraction of sp³-hybridized carbons (Fsp3) is 0.636. The van der Waals surface area contributed by atoms with Crippen LogP contribution in [0, 0.1) is 17.7 Å². The van der Waals surface area contributed by atoms with E-state index in [0.29, 0.717) is 13.1 Å². The van der Waals surface area contributed by atoms with Gasteiger partial charge in [0, 0.05) is 19.0 Å². The number of carbonyl (C=O) groups excluding carboxylic acids is 2. The van der Waals surface area contributed by atoms with Crippen molar-refractivity contribution >= 4 is 23.4 Å². The highest BCUT2D eigenvalue weighted by molar-refractivity contribution is 6.30. The minimum Gasteiger partial charge on any atom is -0.344 e. The number of piperidine rings is 1. The van der Waals surface area contributed by atoms with Gasteiger partial charge in [-0.1, -0.05) is 44.4 Å². The molecule has 1 aliphatic carbocycles. The molecule has 1 N–H and O–H groups in total.